The van der Waals surface area contributed by atoms with Crippen molar-refractivity contribution in [3.05, 3.63) is 43.5 Å². The van der Waals surface area contributed by atoms with Crippen molar-refractivity contribution in [3.63, 3.8) is 0 Å². The van der Waals surface area contributed by atoms with Crippen molar-refractivity contribution in [2.75, 3.05) is 32.1 Å². The van der Waals surface area contributed by atoms with E-state index in [0.717, 1.165) is 10.2 Å². The number of aromatic nitrogens is 1. The van der Waals surface area contributed by atoms with Crippen LogP contribution in [-0.4, -0.2) is 43.0 Å². The van der Waals surface area contributed by atoms with Gasteiger partial charge in [0.1, 0.15) is 4.34 Å². The van der Waals surface area contributed by atoms with Gasteiger partial charge in [-0.15, -0.1) is 11.3 Å². The Hall–Kier alpha value is -0.890. The van der Waals surface area contributed by atoms with E-state index in [1.54, 1.807) is 17.0 Å². The smallest absolute Gasteiger partial charge is 0.262 e. The summed E-state index contributed by atoms with van der Waals surface area (Å²) in [6.45, 7) is 1.18. The van der Waals surface area contributed by atoms with E-state index in [1.165, 1.54) is 22.7 Å². The second kappa shape index (κ2) is 7.78. The standard InChI is InChI=1S/C16H14Cl3N3OS2/c1-21(2)5-6-22(15(23)10-8-13(18)25-14(10)19)16-20-11-4-3-9(17)7-12(11)24-16/h3-4,7-8H,5-6H2,1-2H3. The largest absolute Gasteiger partial charge is 0.308 e. The van der Waals surface area contributed by atoms with Crippen LogP contribution < -0.4 is 4.90 Å². The lowest BCUT2D eigenvalue weighted by Crippen LogP contribution is -2.36. The van der Waals surface area contributed by atoms with Crippen LogP contribution in [-0.2, 0) is 0 Å². The van der Waals surface area contributed by atoms with E-state index in [4.69, 9.17) is 34.8 Å². The quantitative estimate of drug-likeness (QED) is 0.530. The highest BCUT2D eigenvalue weighted by Gasteiger charge is 2.25. The van der Waals surface area contributed by atoms with E-state index in [1.807, 2.05) is 31.1 Å². The fourth-order valence-corrected chi connectivity index (χ4v) is 4.93. The van der Waals surface area contributed by atoms with Crippen LogP contribution in [0.1, 0.15) is 10.4 Å². The zero-order valence-corrected chi connectivity index (χ0v) is 17.3. The number of rotatable bonds is 5. The minimum atomic E-state index is -0.208. The van der Waals surface area contributed by atoms with E-state index in [9.17, 15) is 4.79 Å². The van der Waals surface area contributed by atoms with Crippen molar-refractivity contribution in [1.82, 2.24) is 9.88 Å². The second-order valence-electron chi connectivity index (χ2n) is 5.61. The van der Waals surface area contributed by atoms with Gasteiger partial charge in [-0.25, -0.2) is 4.98 Å². The lowest BCUT2D eigenvalue weighted by Gasteiger charge is -2.21. The van der Waals surface area contributed by atoms with E-state index in [2.05, 4.69) is 4.98 Å². The first-order valence-corrected chi connectivity index (χ1v) is 10.1. The van der Waals surface area contributed by atoms with Gasteiger partial charge in [-0.05, 0) is 38.4 Å². The lowest BCUT2D eigenvalue weighted by atomic mass is 10.3. The average Bonchev–Trinajstić information content (AvgIpc) is 3.09. The summed E-state index contributed by atoms with van der Waals surface area (Å²) < 4.78 is 1.80. The molecule has 0 saturated heterocycles. The van der Waals surface area contributed by atoms with E-state index >= 15 is 0 Å². The van der Waals surface area contributed by atoms with Gasteiger partial charge < -0.3 is 4.90 Å². The highest BCUT2D eigenvalue weighted by molar-refractivity contribution is 7.22. The number of anilines is 1. The van der Waals surface area contributed by atoms with Gasteiger partial charge in [-0.2, -0.15) is 0 Å². The Morgan fingerprint density at radius 3 is 2.52 bits per heavy atom. The number of thiazole rings is 1. The van der Waals surface area contributed by atoms with Gasteiger partial charge in [0.15, 0.2) is 5.13 Å². The number of likely N-dealkylation sites (N-methyl/N-ethyl adjacent to an activating group) is 1. The number of carbonyl (C=O) groups is 1. The van der Waals surface area contributed by atoms with E-state index in [0.29, 0.717) is 37.5 Å². The Bertz CT molecular complexity index is 923. The summed E-state index contributed by atoms with van der Waals surface area (Å²) in [6.07, 6.45) is 0. The van der Waals surface area contributed by atoms with Crippen LogP contribution in [0.4, 0.5) is 5.13 Å². The van der Waals surface area contributed by atoms with Crippen LogP contribution in [0.2, 0.25) is 13.7 Å². The summed E-state index contributed by atoms with van der Waals surface area (Å²) in [5, 5.41) is 1.25. The number of carbonyl (C=O) groups excluding carboxylic acids is 1. The molecule has 0 unspecified atom stereocenters. The number of hydrogen-bond donors (Lipinski definition) is 0. The summed E-state index contributed by atoms with van der Waals surface area (Å²) in [6, 6.07) is 7.08. The van der Waals surface area contributed by atoms with Crippen molar-refractivity contribution in [2.24, 2.45) is 0 Å². The molecule has 0 aliphatic rings. The summed E-state index contributed by atoms with van der Waals surface area (Å²) in [7, 11) is 3.91. The molecule has 0 atom stereocenters. The number of amides is 1. The number of thiophene rings is 1. The van der Waals surface area contributed by atoms with Crippen LogP contribution >= 0.6 is 57.5 Å². The van der Waals surface area contributed by atoms with Crippen LogP contribution in [0.15, 0.2) is 24.3 Å². The van der Waals surface area contributed by atoms with Gasteiger partial charge in [0.25, 0.3) is 5.91 Å². The third-order valence-electron chi connectivity index (χ3n) is 3.47. The van der Waals surface area contributed by atoms with Gasteiger partial charge in [-0.1, -0.05) is 46.1 Å². The molecule has 0 bridgehead atoms. The molecule has 9 heteroatoms. The minimum absolute atomic E-state index is 0.208. The molecule has 0 fully saturated rings. The Labute approximate surface area is 168 Å². The molecule has 0 spiro atoms. The first-order chi connectivity index (χ1) is 11.8. The predicted molar refractivity (Wildman–Crippen MR) is 109 cm³/mol. The number of halogens is 3. The number of nitrogens with zero attached hydrogens (tertiary/aromatic N) is 3. The Balaban J connectivity index is 2.00. The third-order valence-corrected chi connectivity index (χ3v) is 6.24. The van der Waals surface area contributed by atoms with Gasteiger partial charge in [0, 0.05) is 18.1 Å². The summed E-state index contributed by atoms with van der Waals surface area (Å²) >= 11 is 20.8. The Morgan fingerprint density at radius 2 is 1.88 bits per heavy atom. The molecule has 2 aromatic heterocycles. The topological polar surface area (TPSA) is 36.4 Å². The fourth-order valence-electron chi connectivity index (χ4n) is 2.22. The first kappa shape index (κ1) is 18.9. The maximum Gasteiger partial charge on any atom is 0.262 e. The van der Waals surface area contributed by atoms with Crippen LogP contribution in [0, 0.1) is 0 Å². The summed E-state index contributed by atoms with van der Waals surface area (Å²) in [5.41, 5.74) is 1.20. The second-order valence-corrected chi connectivity index (χ2v) is 9.34. The number of fused-ring (bicyclic) bond motifs is 1. The molecule has 1 amide bonds. The normalized spacial score (nSPS) is 11.4. The first-order valence-electron chi connectivity index (χ1n) is 7.32. The van der Waals surface area contributed by atoms with Crippen molar-refractivity contribution in [3.8, 4) is 0 Å². The molecule has 0 aliphatic heterocycles. The molecule has 0 saturated carbocycles. The van der Waals surface area contributed by atoms with Gasteiger partial charge in [0.2, 0.25) is 0 Å². The summed E-state index contributed by atoms with van der Waals surface area (Å²) in [4.78, 5) is 21.3. The molecule has 4 nitrogen and oxygen atoms in total. The number of hydrogen-bond acceptors (Lipinski definition) is 5. The third kappa shape index (κ3) is 4.27. The maximum absolute atomic E-state index is 13.0. The van der Waals surface area contributed by atoms with Gasteiger partial charge in [0.05, 0.1) is 20.1 Å². The molecule has 132 valence electrons. The van der Waals surface area contributed by atoms with Crippen LogP contribution in [0.3, 0.4) is 0 Å². The Kier molecular flexibility index (Phi) is 5.88. The summed E-state index contributed by atoms with van der Waals surface area (Å²) in [5.74, 6) is -0.208. The maximum atomic E-state index is 13.0. The van der Waals surface area contributed by atoms with Gasteiger partial charge >= 0.3 is 0 Å². The highest BCUT2D eigenvalue weighted by Crippen LogP contribution is 2.35. The predicted octanol–water partition coefficient (Wildman–Crippen LogP) is 5.53. The average molecular weight is 435 g/mol. The zero-order valence-electron chi connectivity index (χ0n) is 13.4. The number of benzene rings is 1. The molecule has 25 heavy (non-hydrogen) atoms. The Morgan fingerprint density at radius 1 is 1.12 bits per heavy atom. The molecule has 0 aliphatic carbocycles. The molecule has 1 aromatic carbocycles. The molecular weight excluding hydrogens is 421 g/mol. The van der Waals surface area contributed by atoms with Crippen LogP contribution in [0.5, 0.6) is 0 Å². The van der Waals surface area contributed by atoms with E-state index < -0.39 is 0 Å². The highest BCUT2D eigenvalue weighted by atomic mass is 35.5. The van der Waals surface area contributed by atoms with Crippen LogP contribution in [0.25, 0.3) is 10.2 Å². The molecule has 0 radical (unpaired) electrons. The minimum Gasteiger partial charge on any atom is -0.308 e. The molecule has 2 heterocycles. The van der Waals surface area contributed by atoms with E-state index in [-0.39, 0.29) is 5.91 Å². The lowest BCUT2D eigenvalue weighted by molar-refractivity contribution is 0.0986. The van der Waals surface area contributed by atoms with Crippen molar-refractivity contribution < 1.29 is 4.79 Å². The van der Waals surface area contributed by atoms with Crippen molar-refractivity contribution in [2.45, 2.75) is 0 Å². The molecule has 0 N–H and O–H groups in total. The molecule has 3 rings (SSSR count). The molecular formula is C16H14Cl3N3OS2. The monoisotopic (exact) mass is 433 g/mol. The SMILES string of the molecule is CN(C)CCN(C(=O)c1cc(Cl)sc1Cl)c1nc2ccc(Cl)cc2s1. The van der Waals surface area contributed by atoms with Crippen molar-refractivity contribution >= 4 is 78.7 Å². The van der Waals surface area contributed by atoms with Crippen molar-refractivity contribution in [1.29, 1.82) is 0 Å². The molecule has 3 aromatic rings. The van der Waals surface area contributed by atoms with Gasteiger partial charge in [-0.3, -0.25) is 9.69 Å². The fraction of sp³-hybridized carbons (Fsp3) is 0.250. The zero-order chi connectivity index (χ0) is 18.1.